The number of nitrogens with zero attached hydrogens (tertiary/aromatic N) is 4. The monoisotopic (exact) mass is 402 g/mol. The SMILES string of the molecule is FC(F)(F)c1cc(Oc2ncc(Cl)cn2)ccc1Oc1ncc(Cl)cn1. The average molecular weight is 403 g/mol. The molecule has 6 nitrogen and oxygen atoms in total. The molecular weight excluding hydrogens is 396 g/mol. The van der Waals surface area contributed by atoms with Crippen LogP contribution in [0.15, 0.2) is 43.0 Å². The van der Waals surface area contributed by atoms with Gasteiger partial charge in [0, 0.05) is 0 Å². The molecule has 26 heavy (non-hydrogen) atoms. The Hall–Kier alpha value is -2.65. The fraction of sp³-hybridized carbons (Fsp3) is 0.0667. The van der Waals surface area contributed by atoms with Crippen LogP contribution in [0.25, 0.3) is 0 Å². The third-order valence-electron chi connectivity index (χ3n) is 2.86. The van der Waals surface area contributed by atoms with Crippen molar-refractivity contribution in [1.29, 1.82) is 0 Å². The van der Waals surface area contributed by atoms with Gasteiger partial charge in [0.1, 0.15) is 17.1 Å². The number of halogens is 5. The highest BCUT2D eigenvalue weighted by Gasteiger charge is 2.35. The lowest BCUT2D eigenvalue weighted by Gasteiger charge is -2.14. The number of hydrogen-bond acceptors (Lipinski definition) is 6. The Bertz CT molecular complexity index is 906. The Labute approximate surface area is 154 Å². The standard InChI is InChI=1S/C15H7Cl2F3N4O2/c16-8-4-21-13(22-5-8)25-10-1-2-12(11(3-10)15(18,19)20)26-14-23-6-9(17)7-24-14/h1-7H. The lowest BCUT2D eigenvalue weighted by molar-refractivity contribution is -0.138. The molecule has 0 bridgehead atoms. The molecule has 2 aromatic heterocycles. The maximum absolute atomic E-state index is 13.3. The van der Waals surface area contributed by atoms with Crippen molar-refractivity contribution in [3.63, 3.8) is 0 Å². The zero-order valence-corrected chi connectivity index (χ0v) is 14.0. The summed E-state index contributed by atoms with van der Waals surface area (Å²) >= 11 is 11.3. The summed E-state index contributed by atoms with van der Waals surface area (Å²) in [6, 6.07) is 2.65. The molecule has 0 atom stereocenters. The van der Waals surface area contributed by atoms with E-state index in [2.05, 4.69) is 19.9 Å². The largest absolute Gasteiger partial charge is 0.424 e. The molecule has 0 saturated carbocycles. The number of hydrogen-bond donors (Lipinski definition) is 0. The molecule has 0 aliphatic carbocycles. The Kier molecular flexibility index (Phi) is 5.10. The second kappa shape index (κ2) is 7.30. The summed E-state index contributed by atoms with van der Waals surface area (Å²) in [6.07, 6.45) is 0.203. The Balaban J connectivity index is 1.90. The molecule has 0 spiro atoms. The van der Waals surface area contributed by atoms with E-state index < -0.39 is 17.5 Å². The maximum Gasteiger partial charge on any atom is 0.420 e. The van der Waals surface area contributed by atoms with E-state index in [0.29, 0.717) is 0 Å². The lowest BCUT2D eigenvalue weighted by Crippen LogP contribution is -2.08. The minimum absolute atomic E-state index is 0.135. The minimum Gasteiger partial charge on any atom is -0.424 e. The van der Waals surface area contributed by atoms with Crippen molar-refractivity contribution in [2.45, 2.75) is 6.18 Å². The number of aromatic nitrogens is 4. The Morgan fingerprint density at radius 3 is 1.77 bits per heavy atom. The zero-order valence-electron chi connectivity index (χ0n) is 12.5. The van der Waals surface area contributed by atoms with E-state index in [1.807, 2.05) is 0 Å². The predicted octanol–water partition coefficient (Wildman–Crippen LogP) is 5.18. The molecule has 1 aromatic carbocycles. The van der Waals surface area contributed by atoms with Crippen molar-refractivity contribution in [3.05, 3.63) is 58.6 Å². The van der Waals surface area contributed by atoms with Crippen molar-refractivity contribution >= 4 is 23.2 Å². The molecule has 3 rings (SSSR count). The van der Waals surface area contributed by atoms with Gasteiger partial charge in [-0.25, -0.2) is 19.9 Å². The Morgan fingerprint density at radius 1 is 0.769 bits per heavy atom. The zero-order chi connectivity index (χ0) is 18.7. The van der Waals surface area contributed by atoms with Crippen LogP contribution in [0.2, 0.25) is 10.0 Å². The number of ether oxygens (including phenoxy) is 2. The summed E-state index contributed by atoms with van der Waals surface area (Å²) in [5.74, 6) is -0.631. The van der Waals surface area contributed by atoms with Crippen molar-refractivity contribution < 1.29 is 22.6 Å². The van der Waals surface area contributed by atoms with Crippen LogP contribution in [0.5, 0.6) is 23.5 Å². The molecule has 0 amide bonds. The first-order valence-electron chi connectivity index (χ1n) is 6.83. The predicted molar refractivity (Wildman–Crippen MR) is 85.7 cm³/mol. The molecule has 0 radical (unpaired) electrons. The fourth-order valence-electron chi connectivity index (χ4n) is 1.79. The van der Waals surface area contributed by atoms with Crippen LogP contribution in [-0.2, 0) is 6.18 Å². The van der Waals surface area contributed by atoms with Crippen LogP contribution in [0.3, 0.4) is 0 Å². The minimum atomic E-state index is -4.71. The molecule has 2 heterocycles. The number of alkyl halides is 3. The van der Waals surface area contributed by atoms with E-state index in [1.54, 1.807) is 0 Å². The highest BCUT2D eigenvalue weighted by atomic mass is 35.5. The molecule has 134 valence electrons. The van der Waals surface area contributed by atoms with Crippen LogP contribution < -0.4 is 9.47 Å². The normalized spacial score (nSPS) is 11.3. The van der Waals surface area contributed by atoms with Gasteiger partial charge in [-0.3, -0.25) is 0 Å². The van der Waals surface area contributed by atoms with Gasteiger partial charge in [-0.2, -0.15) is 13.2 Å². The van der Waals surface area contributed by atoms with Crippen LogP contribution >= 0.6 is 23.2 Å². The molecule has 0 N–H and O–H groups in total. The van der Waals surface area contributed by atoms with Gasteiger partial charge in [-0.15, -0.1) is 0 Å². The van der Waals surface area contributed by atoms with Gasteiger partial charge in [0.2, 0.25) is 0 Å². The van der Waals surface area contributed by atoms with Gasteiger partial charge in [0.05, 0.1) is 34.8 Å². The summed E-state index contributed by atoms with van der Waals surface area (Å²) in [5, 5.41) is 0.486. The second-order valence-corrected chi connectivity index (χ2v) is 5.60. The molecule has 0 saturated heterocycles. The summed E-state index contributed by atoms with van der Waals surface area (Å²) in [6.45, 7) is 0. The van der Waals surface area contributed by atoms with E-state index in [9.17, 15) is 13.2 Å². The van der Waals surface area contributed by atoms with E-state index in [0.717, 1.165) is 12.1 Å². The van der Waals surface area contributed by atoms with E-state index in [-0.39, 0.29) is 27.8 Å². The third-order valence-corrected chi connectivity index (χ3v) is 3.25. The quantitative estimate of drug-likeness (QED) is 0.598. The van der Waals surface area contributed by atoms with Crippen molar-refractivity contribution in [2.75, 3.05) is 0 Å². The van der Waals surface area contributed by atoms with Crippen molar-refractivity contribution in [1.82, 2.24) is 19.9 Å². The van der Waals surface area contributed by atoms with Gasteiger partial charge in [0.25, 0.3) is 0 Å². The molecule has 0 fully saturated rings. The highest BCUT2D eigenvalue weighted by molar-refractivity contribution is 6.30. The molecule has 0 aliphatic rings. The first-order valence-corrected chi connectivity index (χ1v) is 7.59. The fourth-order valence-corrected chi connectivity index (χ4v) is 1.99. The molecular formula is C15H7Cl2F3N4O2. The first-order chi connectivity index (χ1) is 12.3. The summed E-state index contributed by atoms with van der Waals surface area (Å²) in [5.41, 5.74) is -1.08. The molecule has 0 unspecified atom stereocenters. The van der Waals surface area contributed by atoms with Gasteiger partial charge in [-0.05, 0) is 18.2 Å². The van der Waals surface area contributed by atoms with Gasteiger partial charge in [0.15, 0.2) is 0 Å². The van der Waals surface area contributed by atoms with Crippen molar-refractivity contribution in [2.24, 2.45) is 0 Å². The van der Waals surface area contributed by atoms with Gasteiger partial charge < -0.3 is 9.47 Å². The summed E-state index contributed by atoms with van der Waals surface area (Å²) in [4.78, 5) is 14.9. The van der Waals surface area contributed by atoms with Crippen molar-refractivity contribution in [3.8, 4) is 23.5 Å². The lowest BCUT2D eigenvalue weighted by atomic mass is 10.2. The van der Waals surface area contributed by atoms with Crippen LogP contribution in [0.4, 0.5) is 13.2 Å². The number of benzene rings is 1. The topological polar surface area (TPSA) is 70.0 Å². The summed E-state index contributed by atoms with van der Waals surface area (Å²) in [7, 11) is 0. The van der Waals surface area contributed by atoms with Crippen LogP contribution in [0.1, 0.15) is 5.56 Å². The van der Waals surface area contributed by atoms with Gasteiger partial charge >= 0.3 is 18.2 Å². The van der Waals surface area contributed by atoms with Gasteiger partial charge in [-0.1, -0.05) is 23.2 Å². The van der Waals surface area contributed by atoms with Crippen LogP contribution in [0, 0.1) is 0 Å². The summed E-state index contributed by atoms with van der Waals surface area (Å²) < 4.78 is 50.3. The highest BCUT2D eigenvalue weighted by Crippen LogP contribution is 2.40. The van der Waals surface area contributed by atoms with Crippen LogP contribution in [-0.4, -0.2) is 19.9 Å². The average Bonchev–Trinajstić information content (AvgIpc) is 2.59. The maximum atomic E-state index is 13.3. The first kappa shape index (κ1) is 18.2. The van der Waals surface area contributed by atoms with E-state index >= 15 is 0 Å². The number of rotatable bonds is 4. The molecule has 0 aliphatic heterocycles. The van der Waals surface area contributed by atoms with E-state index in [1.165, 1.54) is 30.9 Å². The Morgan fingerprint density at radius 2 is 1.27 bits per heavy atom. The van der Waals surface area contributed by atoms with E-state index in [4.69, 9.17) is 32.7 Å². The third kappa shape index (κ3) is 4.50. The molecule has 11 heteroatoms. The second-order valence-electron chi connectivity index (χ2n) is 4.73. The smallest absolute Gasteiger partial charge is 0.420 e. The molecule has 3 aromatic rings.